The minimum Gasteiger partial charge on any atom is -0.450 e. The molecule has 1 aromatic heterocycles. The van der Waals surface area contributed by atoms with Crippen molar-refractivity contribution in [2.75, 3.05) is 0 Å². The molecule has 0 fully saturated rings. The fourth-order valence-electron chi connectivity index (χ4n) is 4.54. The van der Waals surface area contributed by atoms with Crippen molar-refractivity contribution in [3.8, 4) is 22.8 Å². The molecule has 2 heteroatoms. The van der Waals surface area contributed by atoms with Crippen LogP contribution in [0.1, 0.15) is 36.5 Å². The lowest BCUT2D eigenvalue weighted by molar-refractivity contribution is -0.633. The number of aromatic nitrogens is 1. The molecular weight excluding hydrogens is 330 g/mol. The van der Waals surface area contributed by atoms with Crippen molar-refractivity contribution in [2.24, 2.45) is 7.05 Å². The van der Waals surface area contributed by atoms with Gasteiger partial charge in [0.2, 0.25) is 5.52 Å². The Morgan fingerprint density at radius 1 is 0.926 bits per heavy atom. The third kappa shape index (κ3) is 2.16. The summed E-state index contributed by atoms with van der Waals surface area (Å²) in [4.78, 5) is 0. The van der Waals surface area contributed by atoms with E-state index in [9.17, 15) is 0 Å². The minimum atomic E-state index is 0.468. The van der Waals surface area contributed by atoms with Crippen molar-refractivity contribution in [1.82, 2.24) is 0 Å². The largest absolute Gasteiger partial charge is 0.450 e. The van der Waals surface area contributed by atoms with E-state index < -0.39 is 0 Å². The van der Waals surface area contributed by atoms with Gasteiger partial charge in [0.1, 0.15) is 12.8 Å². The smallest absolute Gasteiger partial charge is 0.256 e. The van der Waals surface area contributed by atoms with Crippen LogP contribution in [0.25, 0.3) is 32.9 Å². The molecule has 0 spiro atoms. The highest BCUT2D eigenvalue weighted by Gasteiger charge is 2.31. The zero-order valence-corrected chi connectivity index (χ0v) is 16.6. The lowest BCUT2D eigenvalue weighted by atomic mass is 9.89. The molecule has 0 aliphatic carbocycles. The van der Waals surface area contributed by atoms with Crippen LogP contribution in [0.15, 0.2) is 48.5 Å². The third-order valence-corrected chi connectivity index (χ3v) is 6.05. The Hall–Kier alpha value is -2.87. The Morgan fingerprint density at radius 2 is 1.70 bits per heavy atom. The van der Waals surface area contributed by atoms with Gasteiger partial charge in [-0.15, -0.1) is 0 Å². The SMILES string of the molecule is Cc1cc2cccc3c2c(c1C)-c1c(cc2c(C(C)C)cccc2[n+]1C)O3. The second-order valence-electron chi connectivity index (χ2n) is 8.00. The molecule has 0 radical (unpaired) electrons. The first kappa shape index (κ1) is 16.3. The van der Waals surface area contributed by atoms with E-state index >= 15 is 0 Å². The predicted molar refractivity (Wildman–Crippen MR) is 112 cm³/mol. The number of benzene rings is 3. The molecule has 2 nitrogen and oxygen atoms in total. The Labute approximate surface area is 160 Å². The van der Waals surface area contributed by atoms with E-state index in [4.69, 9.17) is 4.74 Å². The summed E-state index contributed by atoms with van der Waals surface area (Å²) in [6, 6.07) is 17.5. The van der Waals surface area contributed by atoms with Crippen molar-refractivity contribution in [3.05, 3.63) is 65.2 Å². The van der Waals surface area contributed by atoms with Crippen LogP contribution in [0.4, 0.5) is 0 Å². The fraction of sp³-hybridized carbons (Fsp3) is 0.240. The van der Waals surface area contributed by atoms with Gasteiger partial charge < -0.3 is 4.74 Å². The van der Waals surface area contributed by atoms with E-state index in [1.807, 2.05) is 0 Å². The molecule has 1 aliphatic heterocycles. The lowest BCUT2D eigenvalue weighted by Crippen LogP contribution is -2.34. The van der Waals surface area contributed by atoms with E-state index in [1.54, 1.807) is 0 Å². The van der Waals surface area contributed by atoms with Crippen LogP contribution in [0.3, 0.4) is 0 Å². The summed E-state index contributed by atoms with van der Waals surface area (Å²) in [6.07, 6.45) is 0. The highest BCUT2D eigenvalue weighted by molar-refractivity contribution is 6.05. The van der Waals surface area contributed by atoms with Gasteiger partial charge in [-0.05, 0) is 47.9 Å². The van der Waals surface area contributed by atoms with Crippen molar-refractivity contribution in [1.29, 1.82) is 0 Å². The first-order chi connectivity index (χ1) is 13.0. The first-order valence-electron chi connectivity index (χ1n) is 9.64. The number of ether oxygens (including phenoxy) is 1. The molecule has 27 heavy (non-hydrogen) atoms. The quantitative estimate of drug-likeness (QED) is 0.321. The van der Waals surface area contributed by atoms with Gasteiger partial charge in [0.05, 0.1) is 10.9 Å². The topological polar surface area (TPSA) is 13.1 Å². The summed E-state index contributed by atoms with van der Waals surface area (Å²) in [5.74, 6) is 2.38. The summed E-state index contributed by atoms with van der Waals surface area (Å²) in [6.45, 7) is 8.92. The zero-order valence-electron chi connectivity index (χ0n) is 16.6. The van der Waals surface area contributed by atoms with Gasteiger partial charge in [-0.1, -0.05) is 44.2 Å². The van der Waals surface area contributed by atoms with Crippen LogP contribution >= 0.6 is 0 Å². The Kier molecular flexibility index (Phi) is 3.36. The molecule has 0 bridgehead atoms. The summed E-state index contributed by atoms with van der Waals surface area (Å²) in [7, 11) is 2.16. The Balaban J connectivity index is 1.98. The summed E-state index contributed by atoms with van der Waals surface area (Å²) < 4.78 is 8.76. The van der Waals surface area contributed by atoms with Gasteiger partial charge in [0.15, 0.2) is 5.75 Å². The number of aryl methyl sites for hydroxylation is 2. The maximum absolute atomic E-state index is 6.45. The van der Waals surface area contributed by atoms with Crippen LogP contribution in [0.2, 0.25) is 0 Å². The molecule has 5 rings (SSSR count). The average Bonchev–Trinajstić information content (AvgIpc) is 2.64. The van der Waals surface area contributed by atoms with Crippen LogP contribution in [-0.4, -0.2) is 0 Å². The second kappa shape index (κ2) is 5.56. The summed E-state index contributed by atoms with van der Waals surface area (Å²) in [5, 5.41) is 3.74. The van der Waals surface area contributed by atoms with Gasteiger partial charge in [0, 0.05) is 17.5 Å². The van der Waals surface area contributed by atoms with E-state index in [-0.39, 0.29) is 0 Å². The standard InChI is InChI=1S/C25H24NO/c1-14(2)18-9-7-10-20-19(18)13-22-25(26(20)5)23-16(4)15(3)12-17-8-6-11-21(27-22)24(17)23/h6-14H,1-5H3/q+1. The number of fused-ring (bicyclic) bond motifs is 3. The maximum atomic E-state index is 6.45. The molecule has 0 saturated heterocycles. The molecule has 3 aromatic carbocycles. The van der Waals surface area contributed by atoms with Gasteiger partial charge in [-0.25, -0.2) is 0 Å². The molecule has 0 amide bonds. The third-order valence-electron chi connectivity index (χ3n) is 6.05. The molecular formula is C25H24NO+. The monoisotopic (exact) mass is 354 g/mol. The van der Waals surface area contributed by atoms with Gasteiger partial charge in [-0.3, -0.25) is 0 Å². The molecule has 0 saturated carbocycles. The number of pyridine rings is 1. The molecule has 0 unspecified atom stereocenters. The summed E-state index contributed by atoms with van der Waals surface area (Å²) >= 11 is 0. The maximum Gasteiger partial charge on any atom is 0.256 e. The normalized spacial score (nSPS) is 12.5. The van der Waals surface area contributed by atoms with Gasteiger partial charge in [-0.2, -0.15) is 4.57 Å². The van der Waals surface area contributed by atoms with Crippen molar-refractivity contribution >= 4 is 21.7 Å². The molecule has 2 heterocycles. The van der Waals surface area contributed by atoms with Crippen molar-refractivity contribution in [3.63, 3.8) is 0 Å². The minimum absolute atomic E-state index is 0.468. The molecule has 4 aromatic rings. The molecule has 134 valence electrons. The highest BCUT2D eigenvalue weighted by atomic mass is 16.5. The van der Waals surface area contributed by atoms with Crippen LogP contribution < -0.4 is 9.30 Å². The Bertz CT molecular complexity index is 1250. The number of rotatable bonds is 1. The van der Waals surface area contributed by atoms with E-state index in [0.717, 1.165) is 11.5 Å². The number of nitrogens with zero attached hydrogens (tertiary/aromatic N) is 1. The highest BCUT2D eigenvalue weighted by Crippen LogP contribution is 2.48. The van der Waals surface area contributed by atoms with E-state index in [1.165, 1.54) is 49.6 Å². The van der Waals surface area contributed by atoms with Crippen molar-refractivity contribution in [2.45, 2.75) is 33.6 Å². The van der Waals surface area contributed by atoms with E-state index in [0.29, 0.717) is 5.92 Å². The van der Waals surface area contributed by atoms with Gasteiger partial charge in [0.25, 0.3) is 5.69 Å². The van der Waals surface area contributed by atoms with Crippen molar-refractivity contribution < 1.29 is 9.30 Å². The first-order valence-corrected chi connectivity index (χ1v) is 9.64. The molecule has 1 aliphatic rings. The second-order valence-corrected chi connectivity index (χ2v) is 8.00. The van der Waals surface area contributed by atoms with E-state index in [2.05, 4.69) is 87.8 Å². The number of hydrogen-bond donors (Lipinski definition) is 0. The molecule has 0 N–H and O–H groups in total. The van der Waals surface area contributed by atoms with Gasteiger partial charge >= 0.3 is 0 Å². The Morgan fingerprint density at radius 3 is 2.48 bits per heavy atom. The van der Waals surface area contributed by atoms with Crippen LogP contribution in [0, 0.1) is 13.8 Å². The van der Waals surface area contributed by atoms with Crippen LogP contribution in [0.5, 0.6) is 11.5 Å². The fourth-order valence-corrected chi connectivity index (χ4v) is 4.54. The predicted octanol–water partition coefficient (Wildman–Crippen LogP) is 6.33. The average molecular weight is 354 g/mol. The summed E-state index contributed by atoms with van der Waals surface area (Å²) in [5.41, 5.74) is 7.74. The molecule has 0 atom stereocenters. The van der Waals surface area contributed by atoms with Crippen LogP contribution in [-0.2, 0) is 7.05 Å². The zero-order chi connectivity index (χ0) is 18.9. The lowest BCUT2D eigenvalue weighted by Gasteiger charge is -2.23. The number of hydrogen-bond acceptors (Lipinski definition) is 1.